The van der Waals surface area contributed by atoms with E-state index in [-0.39, 0.29) is 18.3 Å². The van der Waals surface area contributed by atoms with Gasteiger partial charge in [0.15, 0.2) is 0 Å². The van der Waals surface area contributed by atoms with E-state index in [0.29, 0.717) is 28.7 Å². The van der Waals surface area contributed by atoms with Crippen LogP contribution in [0.1, 0.15) is 36.3 Å². The van der Waals surface area contributed by atoms with Crippen molar-refractivity contribution in [1.82, 2.24) is 14.5 Å². The standard InChI is InChI=1S/C27H22F6N4O2/c1-3-22(23-35-21-12-8-7-11-20(21)24(38)37(23)19-9-5-4-6-10-19)36(2)25(39)34-18-14-16(26(28,29)30)13-17(15-18)27(31,32)33/h4-15,22H,3H2,1-2H3,(H,34,39). The minimum Gasteiger partial charge on any atom is -0.317 e. The quantitative estimate of drug-likeness (QED) is 0.272. The van der Waals surface area contributed by atoms with E-state index in [1.165, 1.54) is 11.6 Å². The van der Waals surface area contributed by atoms with E-state index in [0.717, 1.165) is 4.90 Å². The van der Waals surface area contributed by atoms with Crippen LogP contribution in [0.5, 0.6) is 0 Å². The van der Waals surface area contributed by atoms with Gasteiger partial charge in [-0.15, -0.1) is 0 Å². The van der Waals surface area contributed by atoms with Crippen LogP contribution >= 0.6 is 0 Å². The maximum absolute atomic E-state index is 13.5. The van der Waals surface area contributed by atoms with Crippen LogP contribution in [-0.4, -0.2) is 27.5 Å². The van der Waals surface area contributed by atoms with Crippen LogP contribution in [-0.2, 0) is 12.4 Å². The van der Waals surface area contributed by atoms with Gasteiger partial charge in [-0.2, -0.15) is 26.3 Å². The number of aromatic nitrogens is 2. The van der Waals surface area contributed by atoms with Crippen molar-refractivity contribution in [3.63, 3.8) is 0 Å². The van der Waals surface area contributed by atoms with Crippen LogP contribution in [0.2, 0.25) is 0 Å². The fourth-order valence-electron chi connectivity index (χ4n) is 4.21. The number of para-hydroxylation sites is 2. The Bertz CT molecular complexity index is 1530. The maximum Gasteiger partial charge on any atom is 0.416 e. The van der Waals surface area contributed by atoms with Crippen molar-refractivity contribution in [2.75, 3.05) is 12.4 Å². The summed E-state index contributed by atoms with van der Waals surface area (Å²) < 4.78 is 81.0. The number of urea groups is 1. The van der Waals surface area contributed by atoms with E-state index in [1.54, 1.807) is 61.5 Å². The molecule has 0 saturated heterocycles. The van der Waals surface area contributed by atoms with E-state index in [4.69, 9.17) is 0 Å². The highest BCUT2D eigenvalue weighted by atomic mass is 19.4. The third-order valence-electron chi connectivity index (χ3n) is 6.13. The Morgan fingerprint density at radius 3 is 2.05 bits per heavy atom. The second kappa shape index (κ2) is 10.4. The second-order valence-corrected chi connectivity index (χ2v) is 8.72. The molecular weight excluding hydrogens is 526 g/mol. The average molecular weight is 548 g/mol. The largest absolute Gasteiger partial charge is 0.416 e. The fraction of sp³-hybridized carbons (Fsp3) is 0.222. The number of anilines is 1. The van der Waals surface area contributed by atoms with E-state index < -0.39 is 46.8 Å². The molecule has 6 nitrogen and oxygen atoms in total. The summed E-state index contributed by atoms with van der Waals surface area (Å²) in [5.41, 5.74) is -3.37. The summed E-state index contributed by atoms with van der Waals surface area (Å²) in [5, 5.41) is 2.46. The number of amides is 2. The van der Waals surface area contributed by atoms with Crippen LogP contribution in [0.4, 0.5) is 36.8 Å². The number of alkyl halides is 6. The molecule has 12 heteroatoms. The van der Waals surface area contributed by atoms with Crippen molar-refractivity contribution in [1.29, 1.82) is 0 Å². The number of halogens is 6. The molecule has 0 aliphatic rings. The summed E-state index contributed by atoms with van der Waals surface area (Å²) in [5.74, 6) is 0.171. The third kappa shape index (κ3) is 5.74. The molecule has 1 atom stereocenters. The molecule has 39 heavy (non-hydrogen) atoms. The SMILES string of the molecule is CCC(c1nc2ccccc2c(=O)n1-c1ccccc1)N(C)C(=O)Nc1cc(C(F)(F)F)cc(C(F)(F)F)c1. The molecule has 0 bridgehead atoms. The lowest BCUT2D eigenvalue weighted by Crippen LogP contribution is -2.38. The Labute approximate surface area is 218 Å². The molecule has 0 aliphatic heterocycles. The van der Waals surface area contributed by atoms with Crippen LogP contribution in [0.15, 0.2) is 77.6 Å². The van der Waals surface area contributed by atoms with Crippen molar-refractivity contribution in [2.45, 2.75) is 31.7 Å². The molecular formula is C27H22F6N4O2. The lowest BCUT2D eigenvalue weighted by atomic mass is 10.1. The van der Waals surface area contributed by atoms with Gasteiger partial charge in [0.2, 0.25) is 0 Å². The first-order valence-electron chi connectivity index (χ1n) is 11.7. The second-order valence-electron chi connectivity index (χ2n) is 8.72. The summed E-state index contributed by atoms with van der Waals surface area (Å²) in [6, 6.07) is 14.1. The van der Waals surface area contributed by atoms with Gasteiger partial charge < -0.3 is 10.2 Å². The molecule has 0 saturated carbocycles. The molecule has 1 heterocycles. The number of carbonyl (C=O) groups is 1. The van der Waals surface area contributed by atoms with E-state index in [1.807, 2.05) is 0 Å². The van der Waals surface area contributed by atoms with Crippen molar-refractivity contribution in [2.24, 2.45) is 0 Å². The monoisotopic (exact) mass is 548 g/mol. The van der Waals surface area contributed by atoms with Crippen LogP contribution in [0.25, 0.3) is 16.6 Å². The van der Waals surface area contributed by atoms with Gasteiger partial charge in [-0.3, -0.25) is 9.36 Å². The number of nitrogens with one attached hydrogen (secondary N) is 1. The van der Waals surface area contributed by atoms with Gasteiger partial charge in [0.1, 0.15) is 5.82 Å². The highest BCUT2D eigenvalue weighted by Crippen LogP contribution is 2.37. The molecule has 0 fully saturated rings. The molecule has 1 aromatic heterocycles. The van der Waals surface area contributed by atoms with Gasteiger partial charge in [-0.1, -0.05) is 37.3 Å². The number of hydrogen-bond acceptors (Lipinski definition) is 3. The molecule has 4 aromatic rings. The number of benzene rings is 3. The first-order chi connectivity index (χ1) is 18.3. The Hall–Kier alpha value is -4.35. The molecule has 0 aliphatic carbocycles. The van der Waals surface area contributed by atoms with Crippen molar-refractivity contribution < 1.29 is 31.1 Å². The topological polar surface area (TPSA) is 67.2 Å². The maximum atomic E-state index is 13.5. The third-order valence-corrected chi connectivity index (χ3v) is 6.13. The van der Waals surface area contributed by atoms with E-state index in [2.05, 4.69) is 10.3 Å². The predicted octanol–water partition coefficient (Wildman–Crippen LogP) is 7.04. The summed E-state index contributed by atoms with van der Waals surface area (Å²) in [4.78, 5) is 32.4. The number of carbonyl (C=O) groups excluding carboxylic acids is 1. The zero-order valence-electron chi connectivity index (χ0n) is 20.6. The fourth-order valence-corrected chi connectivity index (χ4v) is 4.21. The Morgan fingerprint density at radius 1 is 0.923 bits per heavy atom. The van der Waals surface area contributed by atoms with E-state index >= 15 is 0 Å². The zero-order chi connectivity index (χ0) is 28.5. The van der Waals surface area contributed by atoms with Crippen LogP contribution in [0, 0.1) is 0 Å². The molecule has 2 amide bonds. The average Bonchev–Trinajstić information content (AvgIpc) is 2.88. The number of hydrogen-bond donors (Lipinski definition) is 1. The highest BCUT2D eigenvalue weighted by molar-refractivity contribution is 5.89. The van der Waals surface area contributed by atoms with Gasteiger partial charge in [-0.05, 0) is 48.9 Å². The smallest absolute Gasteiger partial charge is 0.317 e. The molecule has 0 spiro atoms. The van der Waals surface area contributed by atoms with Crippen molar-refractivity contribution in [3.8, 4) is 5.69 Å². The molecule has 4 rings (SSSR count). The van der Waals surface area contributed by atoms with Gasteiger partial charge in [-0.25, -0.2) is 9.78 Å². The molecule has 204 valence electrons. The summed E-state index contributed by atoms with van der Waals surface area (Å²) >= 11 is 0. The molecule has 3 aromatic carbocycles. The van der Waals surface area contributed by atoms with Gasteiger partial charge >= 0.3 is 18.4 Å². The summed E-state index contributed by atoms with van der Waals surface area (Å²) in [6.07, 6.45) is -9.92. The zero-order valence-corrected chi connectivity index (χ0v) is 20.6. The Kier molecular flexibility index (Phi) is 7.40. The lowest BCUT2D eigenvalue weighted by molar-refractivity contribution is -0.143. The lowest BCUT2D eigenvalue weighted by Gasteiger charge is -2.29. The Morgan fingerprint density at radius 2 is 1.49 bits per heavy atom. The number of nitrogens with zero attached hydrogens (tertiary/aromatic N) is 3. The number of rotatable bonds is 5. The van der Waals surface area contributed by atoms with Crippen molar-refractivity contribution >= 4 is 22.6 Å². The molecule has 1 N–H and O–H groups in total. The van der Waals surface area contributed by atoms with Gasteiger partial charge in [0, 0.05) is 12.7 Å². The molecule has 1 unspecified atom stereocenters. The Balaban J connectivity index is 1.77. The highest BCUT2D eigenvalue weighted by Gasteiger charge is 2.37. The number of fused-ring (bicyclic) bond motifs is 1. The van der Waals surface area contributed by atoms with Crippen molar-refractivity contribution in [3.05, 3.63) is 100 Å². The van der Waals surface area contributed by atoms with Gasteiger partial charge in [0.25, 0.3) is 5.56 Å². The van der Waals surface area contributed by atoms with Gasteiger partial charge in [0.05, 0.1) is 33.8 Å². The van der Waals surface area contributed by atoms with E-state index in [9.17, 15) is 35.9 Å². The summed E-state index contributed by atoms with van der Waals surface area (Å²) in [7, 11) is 1.32. The van der Waals surface area contributed by atoms with Crippen LogP contribution in [0.3, 0.4) is 0 Å². The first-order valence-corrected chi connectivity index (χ1v) is 11.7. The van der Waals surface area contributed by atoms with Crippen LogP contribution < -0.4 is 10.9 Å². The minimum atomic E-state index is -5.07. The normalized spacial score (nSPS) is 12.8. The summed E-state index contributed by atoms with van der Waals surface area (Å²) in [6.45, 7) is 1.71. The molecule has 0 radical (unpaired) electrons. The first kappa shape index (κ1) is 27.7. The minimum absolute atomic E-state index is 0.0221. The predicted molar refractivity (Wildman–Crippen MR) is 134 cm³/mol.